The molecule has 0 aliphatic carbocycles. The van der Waals surface area contributed by atoms with E-state index in [2.05, 4.69) is 18.7 Å². The van der Waals surface area contributed by atoms with Gasteiger partial charge in [0, 0.05) is 26.7 Å². The number of rotatable bonds is 13. The number of aromatic nitrogens is 2. The standard InChI is InChI=1S/C26H35N3O3/c1-4-12-22(30)19-28(17-18-31-3)20-24-25(5-2)27-29(21-13-8-6-9-14-21)26(24)32-23-15-10-7-11-16-23/h6-11,13-16,22,30H,4-5,12,17-20H2,1-3H3/t22-/m0/s1. The van der Waals surface area contributed by atoms with Gasteiger partial charge in [0.1, 0.15) is 5.75 Å². The van der Waals surface area contributed by atoms with Crippen LogP contribution in [0.3, 0.4) is 0 Å². The largest absolute Gasteiger partial charge is 0.439 e. The first kappa shape index (κ1) is 24.0. The van der Waals surface area contributed by atoms with Gasteiger partial charge in [0.15, 0.2) is 0 Å². The molecule has 1 N–H and O–H groups in total. The summed E-state index contributed by atoms with van der Waals surface area (Å²) >= 11 is 0. The fraction of sp³-hybridized carbons (Fsp3) is 0.423. The Hall–Kier alpha value is -2.67. The van der Waals surface area contributed by atoms with Crippen LogP contribution in [-0.2, 0) is 17.7 Å². The highest BCUT2D eigenvalue weighted by atomic mass is 16.5. The maximum Gasteiger partial charge on any atom is 0.227 e. The highest BCUT2D eigenvalue weighted by Gasteiger charge is 2.23. The minimum Gasteiger partial charge on any atom is -0.439 e. The summed E-state index contributed by atoms with van der Waals surface area (Å²) in [6, 6.07) is 19.9. The molecule has 0 radical (unpaired) electrons. The van der Waals surface area contributed by atoms with E-state index in [1.165, 1.54) is 0 Å². The number of hydrogen-bond donors (Lipinski definition) is 1. The molecular formula is C26H35N3O3. The van der Waals surface area contributed by atoms with Gasteiger partial charge in [-0.1, -0.05) is 56.7 Å². The van der Waals surface area contributed by atoms with E-state index in [1.54, 1.807) is 7.11 Å². The Morgan fingerprint density at radius 3 is 2.34 bits per heavy atom. The van der Waals surface area contributed by atoms with Crippen molar-refractivity contribution >= 4 is 0 Å². The van der Waals surface area contributed by atoms with Gasteiger partial charge in [0.25, 0.3) is 0 Å². The Bertz CT molecular complexity index is 928. The average Bonchev–Trinajstić information content (AvgIpc) is 3.15. The highest BCUT2D eigenvalue weighted by Crippen LogP contribution is 2.32. The second-order valence-electron chi connectivity index (χ2n) is 7.92. The number of hydrogen-bond acceptors (Lipinski definition) is 5. The van der Waals surface area contributed by atoms with Crippen molar-refractivity contribution in [3.05, 3.63) is 71.9 Å². The van der Waals surface area contributed by atoms with Gasteiger partial charge in [-0.15, -0.1) is 0 Å². The lowest BCUT2D eigenvalue weighted by Gasteiger charge is -2.25. The zero-order chi connectivity index (χ0) is 22.8. The van der Waals surface area contributed by atoms with Crippen LogP contribution in [0.2, 0.25) is 0 Å². The summed E-state index contributed by atoms with van der Waals surface area (Å²) in [5, 5.41) is 15.4. The van der Waals surface area contributed by atoms with Gasteiger partial charge in [0.2, 0.25) is 5.88 Å². The van der Waals surface area contributed by atoms with Gasteiger partial charge >= 0.3 is 0 Å². The number of para-hydroxylation sites is 2. The fourth-order valence-corrected chi connectivity index (χ4v) is 3.77. The van der Waals surface area contributed by atoms with Gasteiger partial charge in [0.05, 0.1) is 29.7 Å². The van der Waals surface area contributed by atoms with Crippen LogP contribution in [0.25, 0.3) is 5.69 Å². The number of ether oxygens (including phenoxy) is 2. The SMILES string of the molecule is CCC[C@H](O)CN(CCOC)Cc1c(CC)nn(-c2ccccc2)c1Oc1ccccc1. The monoisotopic (exact) mass is 437 g/mol. The lowest BCUT2D eigenvalue weighted by molar-refractivity contribution is 0.0795. The second-order valence-corrected chi connectivity index (χ2v) is 7.92. The molecular weight excluding hydrogens is 402 g/mol. The molecule has 0 aliphatic heterocycles. The van der Waals surface area contributed by atoms with E-state index in [9.17, 15) is 5.11 Å². The maximum absolute atomic E-state index is 10.5. The number of methoxy groups -OCH3 is 1. The molecule has 1 heterocycles. The van der Waals surface area contributed by atoms with Crippen LogP contribution in [0.1, 0.15) is 37.9 Å². The highest BCUT2D eigenvalue weighted by molar-refractivity contribution is 5.43. The molecule has 172 valence electrons. The Morgan fingerprint density at radius 1 is 1.03 bits per heavy atom. The number of benzene rings is 2. The Kier molecular flexibility index (Phi) is 9.28. The van der Waals surface area contributed by atoms with Crippen molar-refractivity contribution in [2.45, 2.75) is 45.8 Å². The lowest BCUT2D eigenvalue weighted by atomic mass is 10.1. The third-order valence-corrected chi connectivity index (χ3v) is 5.40. The quantitative estimate of drug-likeness (QED) is 0.415. The van der Waals surface area contributed by atoms with Crippen LogP contribution in [0, 0.1) is 0 Å². The van der Waals surface area contributed by atoms with Crippen molar-refractivity contribution in [3.8, 4) is 17.3 Å². The molecule has 0 saturated carbocycles. The minimum absolute atomic E-state index is 0.371. The summed E-state index contributed by atoms with van der Waals surface area (Å²) in [7, 11) is 1.70. The molecule has 0 unspecified atom stereocenters. The molecule has 0 bridgehead atoms. The molecule has 1 aromatic heterocycles. The molecule has 0 saturated heterocycles. The summed E-state index contributed by atoms with van der Waals surface area (Å²) in [5.41, 5.74) is 2.99. The summed E-state index contributed by atoms with van der Waals surface area (Å²) in [6.07, 6.45) is 2.15. The number of aryl methyl sites for hydroxylation is 1. The summed E-state index contributed by atoms with van der Waals surface area (Å²) in [6.45, 7) is 6.74. The summed E-state index contributed by atoms with van der Waals surface area (Å²) < 4.78 is 13.6. The van der Waals surface area contributed by atoms with Gasteiger partial charge in [-0.3, -0.25) is 4.90 Å². The van der Waals surface area contributed by atoms with Crippen LogP contribution >= 0.6 is 0 Å². The average molecular weight is 438 g/mol. The van der Waals surface area contributed by atoms with Gasteiger partial charge in [-0.25, -0.2) is 4.68 Å². The molecule has 6 nitrogen and oxygen atoms in total. The third-order valence-electron chi connectivity index (χ3n) is 5.40. The van der Waals surface area contributed by atoms with Crippen molar-refractivity contribution in [1.82, 2.24) is 14.7 Å². The van der Waals surface area contributed by atoms with Gasteiger partial charge < -0.3 is 14.6 Å². The van der Waals surface area contributed by atoms with E-state index in [-0.39, 0.29) is 6.10 Å². The molecule has 6 heteroatoms. The zero-order valence-corrected chi connectivity index (χ0v) is 19.4. The molecule has 2 aromatic carbocycles. The normalized spacial score (nSPS) is 12.3. The molecule has 1 atom stereocenters. The Labute approximate surface area is 191 Å². The van der Waals surface area contributed by atoms with Crippen LogP contribution in [0.15, 0.2) is 60.7 Å². The van der Waals surface area contributed by atoms with Gasteiger partial charge in [-0.2, -0.15) is 5.10 Å². The van der Waals surface area contributed by atoms with E-state index in [1.807, 2.05) is 65.3 Å². The molecule has 0 fully saturated rings. The van der Waals surface area contributed by atoms with E-state index in [4.69, 9.17) is 14.6 Å². The maximum atomic E-state index is 10.5. The number of aliphatic hydroxyl groups is 1. The first-order valence-corrected chi connectivity index (χ1v) is 11.4. The van der Waals surface area contributed by atoms with Gasteiger partial charge in [-0.05, 0) is 37.1 Å². The molecule has 0 amide bonds. The van der Waals surface area contributed by atoms with Crippen molar-refractivity contribution in [1.29, 1.82) is 0 Å². The van der Waals surface area contributed by atoms with Crippen LogP contribution in [0.4, 0.5) is 0 Å². The van der Waals surface area contributed by atoms with E-state index in [0.29, 0.717) is 25.6 Å². The van der Waals surface area contributed by atoms with E-state index < -0.39 is 0 Å². The van der Waals surface area contributed by atoms with Crippen molar-refractivity contribution in [3.63, 3.8) is 0 Å². The number of aliphatic hydroxyl groups excluding tert-OH is 1. The van der Waals surface area contributed by atoms with Crippen molar-refractivity contribution in [2.75, 3.05) is 26.8 Å². The molecule has 3 aromatic rings. The van der Waals surface area contributed by atoms with Crippen LogP contribution < -0.4 is 4.74 Å². The minimum atomic E-state index is -0.371. The topological polar surface area (TPSA) is 59.8 Å². The van der Waals surface area contributed by atoms with E-state index in [0.717, 1.165) is 48.5 Å². The predicted octanol–water partition coefficient (Wildman–Crippen LogP) is 4.84. The van der Waals surface area contributed by atoms with Crippen molar-refractivity contribution < 1.29 is 14.6 Å². The molecule has 0 spiro atoms. The second kappa shape index (κ2) is 12.4. The fourth-order valence-electron chi connectivity index (χ4n) is 3.77. The van der Waals surface area contributed by atoms with Crippen molar-refractivity contribution in [2.24, 2.45) is 0 Å². The Balaban J connectivity index is 2.00. The molecule has 3 rings (SSSR count). The van der Waals surface area contributed by atoms with Crippen LogP contribution in [-0.4, -0.2) is 52.7 Å². The smallest absolute Gasteiger partial charge is 0.227 e. The van der Waals surface area contributed by atoms with Crippen LogP contribution in [0.5, 0.6) is 11.6 Å². The first-order chi connectivity index (χ1) is 15.7. The summed E-state index contributed by atoms with van der Waals surface area (Å²) in [5.74, 6) is 1.48. The number of nitrogens with zero attached hydrogens (tertiary/aromatic N) is 3. The third kappa shape index (κ3) is 6.42. The summed E-state index contributed by atoms with van der Waals surface area (Å²) in [4.78, 5) is 2.23. The van der Waals surface area contributed by atoms with E-state index >= 15 is 0 Å². The molecule has 32 heavy (non-hydrogen) atoms. The zero-order valence-electron chi connectivity index (χ0n) is 19.4. The predicted molar refractivity (Wildman–Crippen MR) is 128 cm³/mol. The first-order valence-electron chi connectivity index (χ1n) is 11.4. The lowest BCUT2D eigenvalue weighted by Crippen LogP contribution is -2.34. The Morgan fingerprint density at radius 2 is 1.72 bits per heavy atom. The molecule has 0 aliphatic rings.